The number of anilines is 1. The van der Waals surface area contributed by atoms with E-state index in [-0.39, 0.29) is 5.56 Å². The molecule has 2 aromatic rings. The lowest BCUT2D eigenvalue weighted by Crippen LogP contribution is -2.37. The van der Waals surface area contributed by atoms with Crippen molar-refractivity contribution in [3.05, 3.63) is 46.4 Å². The third-order valence-corrected chi connectivity index (χ3v) is 4.82. The van der Waals surface area contributed by atoms with E-state index >= 15 is 0 Å². The van der Waals surface area contributed by atoms with Crippen molar-refractivity contribution in [2.45, 2.75) is 38.1 Å². The first-order valence-electron chi connectivity index (χ1n) is 8.49. The van der Waals surface area contributed by atoms with Crippen LogP contribution in [0.3, 0.4) is 0 Å². The Kier molecular flexibility index (Phi) is 4.00. The van der Waals surface area contributed by atoms with Gasteiger partial charge in [0, 0.05) is 31.6 Å². The zero-order valence-electron chi connectivity index (χ0n) is 13.4. The second-order valence-electron chi connectivity index (χ2n) is 6.68. The normalized spacial score (nSPS) is 18.8. The summed E-state index contributed by atoms with van der Waals surface area (Å²) in [5, 5.41) is 4.54. The summed E-state index contributed by atoms with van der Waals surface area (Å²) in [7, 11) is 0. The summed E-state index contributed by atoms with van der Waals surface area (Å²) < 4.78 is 14.5. The minimum absolute atomic E-state index is 0.0244. The molecule has 0 atom stereocenters. The van der Waals surface area contributed by atoms with Crippen LogP contribution in [-0.2, 0) is 6.54 Å². The van der Waals surface area contributed by atoms with Crippen LogP contribution in [0, 0.1) is 11.7 Å². The van der Waals surface area contributed by atoms with Gasteiger partial charge in [-0.3, -0.25) is 4.79 Å². The molecule has 0 radical (unpaired) electrons. The van der Waals surface area contributed by atoms with Gasteiger partial charge in [0.1, 0.15) is 0 Å². The molecule has 2 fully saturated rings. The standard InChI is InChI=1S/C17H20FN5O/c18-14-9-19-17(20-10-14)22-7-5-12(6-8-22)11-23-16(24)4-3-15(21-23)13-1-2-13/h3-4,9-10,12-13H,1-2,5-8,11H2. The molecule has 1 aliphatic carbocycles. The van der Waals surface area contributed by atoms with Gasteiger partial charge in [-0.25, -0.2) is 19.0 Å². The van der Waals surface area contributed by atoms with Gasteiger partial charge in [-0.15, -0.1) is 0 Å². The molecule has 7 heteroatoms. The van der Waals surface area contributed by atoms with E-state index in [1.54, 1.807) is 10.7 Å². The Balaban J connectivity index is 1.38. The van der Waals surface area contributed by atoms with E-state index in [0.717, 1.165) is 31.6 Å². The van der Waals surface area contributed by atoms with Gasteiger partial charge in [0.05, 0.1) is 18.1 Å². The van der Waals surface area contributed by atoms with Crippen LogP contribution in [0.1, 0.15) is 37.3 Å². The van der Waals surface area contributed by atoms with Crippen LogP contribution in [0.5, 0.6) is 0 Å². The van der Waals surface area contributed by atoms with E-state index < -0.39 is 5.82 Å². The Labute approximate surface area is 139 Å². The smallest absolute Gasteiger partial charge is 0.266 e. The van der Waals surface area contributed by atoms with Gasteiger partial charge in [-0.05, 0) is 37.7 Å². The number of rotatable bonds is 4. The van der Waals surface area contributed by atoms with Crippen molar-refractivity contribution >= 4 is 5.95 Å². The highest BCUT2D eigenvalue weighted by Gasteiger charge is 2.26. The summed E-state index contributed by atoms with van der Waals surface area (Å²) in [6, 6.07) is 3.51. The summed E-state index contributed by atoms with van der Waals surface area (Å²) in [6.45, 7) is 2.29. The minimum atomic E-state index is -0.422. The topological polar surface area (TPSA) is 63.9 Å². The van der Waals surface area contributed by atoms with E-state index in [9.17, 15) is 9.18 Å². The van der Waals surface area contributed by atoms with Crippen molar-refractivity contribution in [3.8, 4) is 0 Å². The fraction of sp³-hybridized carbons (Fsp3) is 0.529. The molecule has 0 amide bonds. The largest absolute Gasteiger partial charge is 0.341 e. The Hall–Kier alpha value is -2.31. The molecule has 0 spiro atoms. The van der Waals surface area contributed by atoms with Crippen molar-refractivity contribution in [1.82, 2.24) is 19.7 Å². The second kappa shape index (κ2) is 6.30. The molecule has 0 N–H and O–H groups in total. The highest BCUT2D eigenvalue weighted by Crippen LogP contribution is 2.38. The molecule has 2 aromatic heterocycles. The Bertz CT molecular complexity index is 763. The predicted octanol–water partition coefficient (Wildman–Crippen LogP) is 1.97. The second-order valence-corrected chi connectivity index (χ2v) is 6.68. The fourth-order valence-corrected chi connectivity index (χ4v) is 3.22. The third-order valence-electron chi connectivity index (χ3n) is 4.82. The Morgan fingerprint density at radius 1 is 1.08 bits per heavy atom. The Morgan fingerprint density at radius 3 is 2.46 bits per heavy atom. The lowest BCUT2D eigenvalue weighted by molar-refractivity contribution is 0.332. The lowest BCUT2D eigenvalue weighted by Gasteiger charge is -2.31. The van der Waals surface area contributed by atoms with Crippen LogP contribution in [0.25, 0.3) is 0 Å². The minimum Gasteiger partial charge on any atom is -0.341 e. The molecular formula is C17H20FN5O. The first kappa shape index (κ1) is 15.2. The molecule has 2 aliphatic rings. The van der Waals surface area contributed by atoms with E-state index in [2.05, 4.69) is 20.0 Å². The molecule has 1 aliphatic heterocycles. The number of halogens is 1. The molecule has 0 aromatic carbocycles. The highest BCUT2D eigenvalue weighted by molar-refractivity contribution is 5.29. The van der Waals surface area contributed by atoms with E-state index in [4.69, 9.17) is 0 Å². The molecule has 3 heterocycles. The van der Waals surface area contributed by atoms with Gasteiger partial charge in [0.2, 0.25) is 5.95 Å². The van der Waals surface area contributed by atoms with Gasteiger partial charge in [-0.1, -0.05) is 0 Å². The summed E-state index contributed by atoms with van der Waals surface area (Å²) >= 11 is 0. The van der Waals surface area contributed by atoms with Crippen LogP contribution in [-0.4, -0.2) is 32.8 Å². The van der Waals surface area contributed by atoms with E-state index in [1.807, 2.05) is 6.07 Å². The maximum atomic E-state index is 12.9. The molecular weight excluding hydrogens is 309 g/mol. The maximum absolute atomic E-state index is 12.9. The van der Waals surface area contributed by atoms with Crippen LogP contribution >= 0.6 is 0 Å². The maximum Gasteiger partial charge on any atom is 0.266 e. The summed E-state index contributed by atoms with van der Waals surface area (Å²) in [4.78, 5) is 22.2. The van der Waals surface area contributed by atoms with Gasteiger partial charge in [-0.2, -0.15) is 5.10 Å². The average molecular weight is 329 g/mol. The predicted molar refractivity (Wildman–Crippen MR) is 87.4 cm³/mol. The van der Waals surface area contributed by atoms with Crippen molar-refractivity contribution < 1.29 is 4.39 Å². The summed E-state index contributed by atoms with van der Waals surface area (Å²) in [5.41, 5.74) is 1.02. The van der Waals surface area contributed by atoms with Crippen molar-refractivity contribution in [1.29, 1.82) is 0 Å². The third kappa shape index (κ3) is 3.29. The molecule has 0 unspecified atom stereocenters. The Morgan fingerprint density at radius 2 is 1.79 bits per heavy atom. The van der Waals surface area contributed by atoms with Gasteiger partial charge >= 0.3 is 0 Å². The zero-order chi connectivity index (χ0) is 16.5. The molecule has 0 bridgehead atoms. The first-order chi connectivity index (χ1) is 11.7. The summed E-state index contributed by atoms with van der Waals surface area (Å²) in [5.74, 6) is 1.12. The van der Waals surface area contributed by atoms with Gasteiger partial charge in [0.25, 0.3) is 5.56 Å². The van der Waals surface area contributed by atoms with Crippen LogP contribution < -0.4 is 10.5 Å². The highest BCUT2D eigenvalue weighted by atomic mass is 19.1. The molecule has 6 nitrogen and oxygen atoms in total. The monoisotopic (exact) mass is 329 g/mol. The van der Waals surface area contributed by atoms with Crippen molar-refractivity contribution in [3.63, 3.8) is 0 Å². The number of hydrogen-bond donors (Lipinski definition) is 0. The zero-order valence-corrected chi connectivity index (χ0v) is 13.4. The molecule has 1 saturated carbocycles. The van der Waals surface area contributed by atoms with Crippen LogP contribution in [0.2, 0.25) is 0 Å². The number of piperidine rings is 1. The molecule has 1 saturated heterocycles. The number of aromatic nitrogens is 4. The average Bonchev–Trinajstić information content (AvgIpc) is 3.43. The quantitative estimate of drug-likeness (QED) is 0.858. The molecule has 126 valence electrons. The first-order valence-corrected chi connectivity index (χ1v) is 8.49. The van der Waals surface area contributed by atoms with E-state index in [0.29, 0.717) is 24.3 Å². The number of hydrogen-bond acceptors (Lipinski definition) is 5. The van der Waals surface area contributed by atoms with Crippen LogP contribution in [0.4, 0.5) is 10.3 Å². The summed E-state index contributed by atoms with van der Waals surface area (Å²) in [6.07, 6.45) is 6.65. The SMILES string of the molecule is O=c1ccc(C2CC2)nn1CC1CCN(c2ncc(F)cn2)CC1. The van der Waals surface area contributed by atoms with Crippen LogP contribution in [0.15, 0.2) is 29.3 Å². The lowest BCUT2D eigenvalue weighted by atomic mass is 9.97. The van der Waals surface area contributed by atoms with Gasteiger partial charge < -0.3 is 4.90 Å². The number of nitrogens with zero attached hydrogens (tertiary/aromatic N) is 5. The fourth-order valence-electron chi connectivity index (χ4n) is 3.22. The van der Waals surface area contributed by atoms with Crippen molar-refractivity contribution in [2.24, 2.45) is 5.92 Å². The molecule has 24 heavy (non-hydrogen) atoms. The van der Waals surface area contributed by atoms with Crippen molar-refractivity contribution in [2.75, 3.05) is 18.0 Å². The van der Waals surface area contributed by atoms with E-state index in [1.165, 1.54) is 25.2 Å². The molecule has 4 rings (SSSR count). The van der Waals surface area contributed by atoms with Gasteiger partial charge in [0.15, 0.2) is 5.82 Å².